The van der Waals surface area contributed by atoms with E-state index in [4.69, 9.17) is 11.6 Å². The van der Waals surface area contributed by atoms with Crippen LogP contribution in [0.15, 0.2) is 18.2 Å². The number of hydrogen-bond acceptors (Lipinski definition) is 5. The molecule has 8 heteroatoms. The van der Waals surface area contributed by atoms with Gasteiger partial charge in [0.15, 0.2) is 0 Å². The van der Waals surface area contributed by atoms with Gasteiger partial charge in [0.25, 0.3) is 5.69 Å². The average molecular weight is 328 g/mol. The first-order valence-corrected chi connectivity index (χ1v) is 7.47. The quantitative estimate of drug-likeness (QED) is 0.637. The number of nitro groups is 1. The number of aliphatic hydroxyl groups is 1. The van der Waals surface area contributed by atoms with E-state index in [0.717, 1.165) is 25.8 Å². The Hall–Kier alpha value is -1.70. The highest BCUT2D eigenvalue weighted by molar-refractivity contribution is 6.31. The number of nitrogens with one attached hydrogen (secondary N) is 1. The van der Waals surface area contributed by atoms with E-state index < -0.39 is 4.92 Å². The molecule has 1 unspecified atom stereocenters. The zero-order valence-electron chi connectivity index (χ0n) is 12.0. The minimum atomic E-state index is -0.584. The first kappa shape index (κ1) is 16.7. The van der Waals surface area contributed by atoms with Gasteiger partial charge in [0.05, 0.1) is 18.1 Å². The fourth-order valence-corrected chi connectivity index (χ4v) is 2.78. The van der Waals surface area contributed by atoms with E-state index in [9.17, 15) is 20.0 Å². The number of likely N-dealkylation sites (tertiary alicyclic amines) is 1. The van der Waals surface area contributed by atoms with Crippen molar-refractivity contribution in [3.8, 4) is 0 Å². The maximum Gasteiger partial charge on any atom is 0.294 e. The maximum atomic E-state index is 12.1. The van der Waals surface area contributed by atoms with Crippen molar-refractivity contribution in [2.45, 2.75) is 25.3 Å². The fourth-order valence-electron chi connectivity index (χ4n) is 2.61. The zero-order valence-corrected chi connectivity index (χ0v) is 12.8. The number of nitrogens with zero attached hydrogens (tertiary/aromatic N) is 2. The molecule has 1 aliphatic rings. The summed E-state index contributed by atoms with van der Waals surface area (Å²) >= 11 is 5.74. The number of rotatable bonds is 5. The van der Waals surface area contributed by atoms with Crippen LogP contribution in [-0.4, -0.2) is 46.6 Å². The molecule has 1 aliphatic heterocycles. The molecule has 120 valence electrons. The maximum absolute atomic E-state index is 12.1. The Kier molecular flexibility index (Phi) is 5.70. The number of anilines is 1. The molecule has 1 amide bonds. The highest BCUT2D eigenvalue weighted by Crippen LogP contribution is 2.27. The molecule has 1 atom stereocenters. The molecule has 22 heavy (non-hydrogen) atoms. The van der Waals surface area contributed by atoms with E-state index in [0.29, 0.717) is 0 Å². The summed E-state index contributed by atoms with van der Waals surface area (Å²) < 4.78 is 0. The summed E-state index contributed by atoms with van der Waals surface area (Å²) in [5.74, 6) is -0.342. The van der Waals surface area contributed by atoms with Gasteiger partial charge >= 0.3 is 0 Å². The van der Waals surface area contributed by atoms with Crippen molar-refractivity contribution >= 4 is 28.9 Å². The average Bonchev–Trinajstić information content (AvgIpc) is 2.49. The number of halogens is 1. The zero-order chi connectivity index (χ0) is 16.1. The lowest BCUT2D eigenvalue weighted by Crippen LogP contribution is -2.45. The van der Waals surface area contributed by atoms with Crippen LogP contribution in [0.1, 0.15) is 19.3 Å². The minimum absolute atomic E-state index is 0.00831. The van der Waals surface area contributed by atoms with Gasteiger partial charge in [-0.2, -0.15) is 0 Å². The molecule has 0 spiro atoms. The Labute approximate surface area is 133 Å². The van der Waals surface area contributed by atoms with Crippen LogP contribution in [0.2, 0.25) is 5.02 Å². The number of piperidine rings is 1. The van der Waals surface area contributed by atoms with Crippen LogP contribution < -0.4 is 5.32 Å². The van der Waals surface area contributed by atoms with Crippen molar-refractivity contribution in [3.63, 3.8) is 0 Å². The normalized spacial score (nSPS) is 18.9. The third-order valence-corrected chi connectivity index (χ3v) is 3.97. The number of hydrogen-bond donors (Lipinski definition) is 2. The van der Waals surface area contributed by atoms with Gasteiger partial charge in [-0.3, -0.25) is 19.8 Å². The van der Waals surface area contributed by atoms with Crippen LogP contribution in [0, 0.1) is 10.1 Å². The van der Waals surface area contributed by atoms with Crippen LogP contribution in [0.25, 0.3) is 0 Å². The number of benzene rings is 1. The van der Waals surface area contributed by atoms with Gasteiger partial charge in [-0.1, -0.05) is 18.0 Å². The molecule has 2 N–H and O–H groups in total. The molecule has 1 saturated heterocycles. The van der Waals surface area contributed by atoms with Gasteiger partial charge in [0.1, 0.15) is 5.69 Å². The minimum Gasteiger partial charge on any atom is -0.395 e. The second-order valence-electron chi connectivity index (χ2n) is 5.27. The molecule has 0 aromatic heterocycles. The summed E-state index contributed by atoms with van der Waals surface area (Å²) in [5.41, 5.74) is -0.116. The van der Waals surface area contributed by atoms with E-state index >= 15 is 0 Å². The first-order chi connectivity index (χ1) is 10.5. The Morgan fingerprint density at radius 1 is 1.50 bits per heavy atom. The molecule has 2 rings (SSSR count). The molecular formula is C14H18ClN3O4. The topological polar surface area (TPSA) is 95.7 Å². The monoisotopic (exact) mass is 327 g/mol. The van der Waals surface area contributed by atoms with Crippen LogP contribution >= 0.6 is 11.6 Å². The molecule has 0 aliphatic carbocycles. The molecule has 0 radical (unpaired) electrons. The van der Waals surface area contributed by atoms with Crippen LogP contribution in [0.5, 0.6) is 0 Å². The van der Waals surface area contributed by atoms with Crippen molar-refractivity contribution in [3.05, 3.63) is 33.3 Å². The van der Waals surface area contributed by atoms with Crippen LogP contribution in [0.4, 0.5) is 11.4 Å². The molecule has 0 saturated carbocycles. The number of nitro benzene ring substituents is 1. The second-order valence-corrected chi connectivity index (χ2v) is 5.71. The van der Waals surface area contributed by atoms with Gasteiger partial charge in [0.2, 0.25) is 5.91 Å². The Bertz CT molecular complexity index is 567. The predicted octanol–water partition coefficient (Wildman–Crippen LogP) is 2.03. The Balaban J connectivity index is 2.04. The van der Waals surface area contributed by atoms with Crippen molar-refractivity contribution < 1.29 is 14.8 Å². The van der Waals surface area contributed by atoms with E-state index in [1.807, 2.05) is 4.90 Å². The van der Waals surface area contributed by atoms with E-state index in [1.54, 1.807) is 0 Å². The van der Waals surface area contributed by atoms with E-state index in [1.165, 1.54) is 18.2 Å². The van der Waals surface area contributed by atoms with Gasteiger partial charge in [-0.05, 0) is 31.5 Å². The molecule has 1 aromatic carbocycles. The van der Waals surface area contributed by atoms with Crippen molar-refractivity contribution in [2.75, 3.05) is 25.0 Å². The van der Waals surface area contributed by atoms with Gasteiger partial charge in [-0.15, -0.1) is 0 Å². The highest BCUT2D eigenvalue weighted by Gasteiger charge is 2.24. The molecule has 1 aromatic rings. The summed E-state index contributed by atoms with van der Waals surface area (Å²) in [6.45, 7) is 0.848. The third-order valence-electron chi connectivity index (χ3n) is 3.74. The third kappa shape index (κ3) is 4.16. The summed E-state index contributed by atoms with van der Waals surface area (Å²) in [6, 6.07) is 4.08. The smallest absolute Gasteiger partial charge is 0.294 e. The summed E-state index contributed by atoms with van der Waals surface area (Å²) in [6.07, 6.45) is 2.86. The fraction of sp³-hybridized carbons (Fsp3) is 0.500. The molecule has 7 nitrogen and oxygen atoms in total. The van der Waals surface area contributed by atoms with Gasteiger partial charge in [0, 0.05) is 17.1 Å². The van der Waals surface area contributed by atoms with E-state index in [-0.39, 0.29) is 41.5 Å². The second kappa shape index (κ2) is 7.53. The molecular weight excluding hydrogens is 310 g/mol. The lowest BCUT2D eigenvalue weighted by Gasteiger charge is -2.33. The standard InChI is InChI=1S/C14H18ClN3O4/c15-10-4-5-12(13(7-10)18(21)22)16-14(20)8-17-6-2-1-3-11(17)9-19/h4-5,7,11,19H,1-3,6,8-9H2,(H,16,20). The Morgan fingerprint density at radius 2 is 2.27 bits per heavy atom. The van der Waals surface area contributed by atoms with Gasteiger partial charge in [-0.25, -0.2) is 0 Å². The molecule has 1 heterocycles. The predicted molar refractivity (Wildman–Crippen MR) is 83.0 cm³/mol. The Morgan fingerprint density at radius 3 is 2.95 bits per heavy atom. The van der Waals surface area contributed by atoms with Crippen molar-refractivity contribution in [1.29, 1.82) is 0 Å². The molecule has 1 fully saturated rings. The van der Waals surface area contributed by atoms with Crippen molar-refractivity contribution in [1.82, 2.24) is 4.90 Å². The van der Waals surface area contributed by atoms with Gasteiger partial charge < -0.3 is 10.4 Å². The molecule has 0 bridgehead atoms. The van der Waals surface area contributed by atoms with Crippen molar-refractivity contribution in [2.24, 2.45) is 0 Å². The number of carbonyl (C=O) groups is 1. The lowest BCUT2D eigenvalue weighted by atomic mass is 10.0. The highest BCUT2D eigenvalue weighted by atomic mass is 35.5. The SMILES string of the molecule is O=C(CN1CCCCC1CO)Nc1ccc(Cl)cc1[N+](=O)[O-]. The summed E-state index contributed by atoms with van der Waals surface area (Å²) in [4.78, 5) is 24.4. The number of carbonyl (C=O) groups excluding carboxylic acids is 1. The number of aliphatic hydroxyl groups excluding tert-OH is 1. The summed E-state index contributed by atoms with van der Waals surface area (Å²) in [5, 5.41) is 23.1. The largest absolute Gasteiger partial charge is 0.395 e. The van der Waals surface area contributed by atoms with Crippen LogP contribution in [0.3, 0.4) is 0 Å². The number of amides is 1. The lowest BCUT2D eigenvalue weighted by molar-refractivity contribution is -0.383. The first-order valence-electron chi connectivity index (χ1n) is 7.10. The summed E-state index contributed by atoms with van der Waals surface area (Å²) in [7, 11) is 0. The van der Waals surface area contributed by atoms with Crippen LogP contribution in [-0.2, 0) is 4.79 Å². The van der Waals surface area contributed by atoms with E-state index in [2.05, 4.69) is 5.32 Å².